The van der Waals surface area contributed by atoms with Gasteiger partial charge in [0.05, 0.1) is 0 Å². The zero-order valence-electron chi connectivity index (χ0n) is 13.5. The van der Waals surface area contributed by atoms with Crippen molar-refractivity contribution < 1.29 is 8.42 Å². The Balaban J connectivity index is 2.04. The van der Waals surface area contributed by atoms with E-state index in [1.54, 1.807) is 4.31 Å². The molecule has 1 atom stereocenters. The standard InChI is InChI=1S/C15H31N3O2S/c1-3-16-13-14-9-5-8-12-18(14)21(19,20)17-15(2)10-6-4-7-11-15/h14,16-17H,3-13H2,1-2H3. The van der Waals surface area contributed by atoms with E-state index in [1.807, 2.05) is 0 Å². The van der Waals surface area contributed by atoms with Gasteiger partial charge in [-0.3, -0.25) is 0 Å². The van der Waals surface area contributed by atoms with Crippen LogP contribution < -0.4 is 10.0 Å². The van der Waals surface area contributed by atoms with E-state index >= 15 is 0 Å². The number of rotatable bonds is 6. The van der Waals surface area contributed by atoms with Crippen LogP contribution in [0.5, 0.6) is 0 Å². The summed E-state index contributed by atoms with van der Waals surface area (Å²) in [4.78, 5) is 0. The van der Waals surface area contributed by atoms with E-state index in [1.165, 1.54) is 6.42 Å². The van der Waals surface area contributed by atoms with Crippen molar-refractivity contribution in [2.45, 2.75) is 76.8 Å². The molecule has 2 N–H and O–H groups in total. The second-order valence-electron chi connectivity index (χ2n) is 6.80. The van der Waals surface area contributed by atoms with Crippen LogP contribution in [-0.4, -0.2) is 43.9 Å². The molecule has 1 unspecified atom stereocenters. The second-order valence-corrected chi connectivity index (χ2v) is 8.42. The Bertz CT molecular complexity index is 419. The van der Waals surface area contributed by atoms with Gasteiger partial charge in [0, 0.05) is 24.7 Å². The summed E-state index contributed by atoms with van der Waals surface area (Å²) in [5.41, 5.74) is -0.253. The van der Waals surface area contributed by atoms with Crippen LogP contribution in [0.2, 0.25) is 0 Å². The lowest BCUT2D eigenvalue weighted by Crippen LogP contribution is -2.57. The largest absolute Gasteiger partial charge is 0.315 e. The normalized spacial score (nSPS) is 27.6. The van der Waals surface area contributed by atoms with Crippen molar-refractivity contribution in [1.29, 1.82) is 0 Å². The molecule has 2 fully saturated rings. The Kier molecular flexibility index (Phi) is 6.05. The van der Waals surface area contributed by atoms with Gasteiger partial charge in [-0.15, -0.1) is 0 Å². The van der Waals surface area contributed by atoms with E-state index in [-0.39, 0.29) is 11.6 Å². The van der Waals surface area contributed by atoms with Gasteiger partial charge in [0.25, 0.3) is 10.2 Å². The predicted molar refractivity (Wildman–Crippen MR) is 86.4 cm³/mol. The summed E-state index contributed by atoms with van der Waals surface area (Å²) in [6.45, 7) is 6.42. The van der Waals surface area contributed by atoms with E-state index in [0.717, 1.165) is 58.0 Å². The van der Waals surface area contributed by atoms with Gasteiger partial charge in [-0.05, 0) is 39.2 Å². The molecule has 0 aromatic carbocycles. The van der Waals surface area contributed by atoms with Crippen molar-refractivity contribution in [2.75, 3.05) is 19.6 Å². The van der Waals surface area contributed by atoms with Gasteiger partial charge in [0.2, 0.25) is 0 Å². The highest BCUT2D eigenvalue weighted by Crippen LogP contribution is 2.29. The number of nitrogens with zero attached hydrogens (tertiary/aromatic N) is 1. The van der Waals surface area contributed by atoms with E-state index in [4.69, 9.17) is 0 Å². The molecular formula is C15H31N3O2S. The van der Waals surface area contributed by atoms with Crippen LogP contribution in [0.15, 0.2) is 0 Å². The highest BCUT2D eigenvalue weighted by molar-refractivity contribution is 7.87. The van der Waals surface area contributed by atoms with Gasteiger partial charge < -0.3 is 5.32 Å². The molecule has 1 aliphatic carbocycles. The Labute approximate surface area is 130 Å². The van der Waals surface area contributed by atoms with E-state index in [9.17, 15) is 8.42 Å². The maximum absolute atomic E-state index is 12.8. The summed E-state index contributed by atoms with van der Waals surface area (Å²) in [5, 5.41) is 3.30. The molecule has 1 saturated heterocycles. The van der Waals surface area contributed by atoms with Crippen molar-refractivity contribution in [3.63, 3.8) is 0 Å². The Morgan fingerprint density at radius 1 is 1.14 bits per heavy atom. The molecule has 0 aromatic heterocycles. The molecule has 2 aliphatic rings. The van der Waals surface area contributed by atoms with Gasteiger partial charge in [-0.1, -0.05) is 32.6 Å². The number of piperidine rings is 1. The fourth-order valence-electron chi connectivity index (χ4n) is 3.61. The number of nitrogens with one attached hydrogen (secondary N) is 2. The molecule has 6 heteroatoms. The number of hydrogen-bond donors (Lipinski definition) is 2. The van der Waals surface area contributed by atoms with E-state index < -0.39 is 10.2 Å². The lowest BCUT2D eigenvalue weighted by atomic mass is 9.84. The van der Waals surface area contributed by atoms with Gasteiger partial charge in [0.1, 0.15) is 0 Å². The van der Waals surface area contributed by atoms with Crippen LogP contribution in [0.3, 0.4) is 0 Å². The van der Waals surface area contributed by atoms with Gasteiger partial charge in [-0.25, -0.2) is 0 Å². The van der Waals surface area contributed by atoms with Crippen molar-refractivity contribution in [1.82, 2.24) is 14.3 Å². The van der Waals surface area contributed by atoms with Crippen LogP contribution in [0.25, 0.3) is 0 Å². The molecule has 1 saturated carbocycles. The minimum Gasteiger partial charge on any atom is -0.315 e. The number of hydrogen-bond acceptors (Lipinski definition) is 3. The van der Waals surface area contributed by atoms with Crippen molar-refractivity contribution in [2.24, 2.45) is 0 Å². The average molecular weight is 317 g/mol. The Morgan fingerprint density at radius 2 is 1.86 bits per heavy atom. The summed E-state index contributed by atoms with van der Waals surface area (Å²) in [6, 6.07) is 0.100. The minimum absolute atomic E-state index is 0.100. The first-order chi connectivity index (χ1) is 9.97. The van der Waals surface area contributed by atoms with Crippen molar-refractivity contribution in [3.8, 4) is 0 Å². The number of likely N-dealkylation sites (N-methyl/N-ethyl adjacent to an activating group) is 1. The maximum Gasteiger partial charge on any atom is 0.280 e. The van der Waals surface area contributed by atoms with Crippen molar-refractivity contribution in [3.05, 3.63) is 0 Å². The first-order valence-corrected chi connectivity index (χ1v) is 9.92. The molecule has 5 nitrogen and oxygen atoms in total. The topological polar surface area (TPSA) is 61.4 Å². The zero-order chi connectivity index (χ0) is 15.3. The fourth-order valence-corrected chi connectivity index (χ4v) is 5.50. The summed E-state index contributed by atoms with van der Waals surface area (Å²) in [7, 11) is -3.38. The molecule has 124 valence electrons. The van der Waals surface area contributed by atoms with Crippen LogP contribution in [-0.2, 0) is 10.2 Å². The molecule has 0 aromatic rings. The molecule has 0 spiro atoms. The first kappa shape index (κ1) is 17.2. The molecular weight excluding hydrogens is 286 g/mol. The summed E-state index contributed by atoms with van der Waals surface area (Å²) < 4.78 is 30.4. The molecule has 0 amide bonds. The predicted octanol–water partition coefficient (Wildman–Crippen LogP) is 2.01. The zero-order valence-corrected chi connectivity index (χ0v) is 14.3. The lowest BCUT2D eigenvalue weighted by molar-refractivity contribution is 0.229. The molecule has 0 radical (unpaired) electrons. The maximum atomic E-state index is 12.8. The third-order valence-corrected chi connectivity index (χ3v) is 6.69. The monoisotopic (exact) mass is 317 g/mol. The van der Waals surface area contributed by atoms with Gasteiger partial charge in [-0.2, -0.15) is 17.4 Å². The van der Waals surface area contributed by atoms with Crippen LogP contribution in [0.4, 0.5) is 0 Å². The van der Waals surface area contributed by atoms with E-state index in [0.29, 0.717) is 6.54 Å². The van der Waals surface area contributed by atoms with Crippen molar-refractivity contribution >= 4 is 10.2 Å². The fraction of sp³-hybridized carbons (Fsp3) is 1.00. The van der Waals surface area contributed by atoms with Gasteiger partial charge >= 0.3 is 0 Å². The smallest absolute Gasteiger partial charge is 0.280 e. The summed E-state index contributed by atoms with van der Waals surface area (Å²) >= 11 is 0. The van der Waals surface area contributed by atoms with Crippen LogP contribution in [0, 0.1) is 0 Å². The second kappa shape index (κ2) is 7.40. The molecule has 2 rings (SSSR count). The molecule has 1 heterocycles. The molecule has 1 aliphatic heterocycles. The van der Waals surface area contributed by atoms with E-state index in [2.05, 4.69) is 23.9 Å². The highest BCUT2D eigenvalue weighted by atomic mass is 32.2. The first-order valence-electron chi connectivity index (χ1n) is 8.48. The van der Waals surface area contributed by atoms with Gasteiger partial charge in [0.15, 0.2) is 0 Å². The minimum atomic E-state index is -3.38. The Hall–Kier alpha value is -0.170. The molecule has 0 bridgehead atoms. The third-order valence-electron chi connectivity index (χ3n) is 4.84. The summed E-state index contributed by atoms with van der Waals surface area (Å²) in [5.74, 6) is 0. The summed E-state index contributed by atoms with van der Waals surface area (Å²) in [6.07, 6.45) is 8.45. The highest BCUT2D eigenvalue weighted by Gasteiger charge is 2.37. The Morgan fingerprint density at radius 3 is 2.52 bits per heavy atom. The quantitative estimate of drug-likeness (QED) is 0.788. The lowest BCUT2D eigenvalue weighted by Gasteiger charge is -2.40. The van der Waals surface area contributed by atoms with Crippen LogP contribution >= 0.6 is 0 Å². The third kappa shape index (κ3) is 4.65. The SMILES string of the molecule is CCNCC1CCCCN1S(=O)(=O)NC1(C)CCCCC1. The molecule has 21 heavy (non-hydrogen) atoms. The average Bonchev–Trinajstić information content (AvgIpc) is 2.45. The van der Waals surface area contributed by atoms with Crippen LogP contribution in [0.1, 0.15) is 65.2 Å².